The molecule has 0 saturated carbocycles. The third kappa shape index (κ3) is 15.5. The van der Waals surface area contributed by atoms with Crippen LogP contribution in [0.25, 0.3) is 4.98 Å². The van der Waals surface area contributed by atoms with Crippen molar-refractivity contribution in [3.8, 4) is 0 Å². The molecule has 0 aliphatic carbocycles. The fourth-order valence-corrected chi connectivity index (χ4v) is 6.83. The summed E-state index contributed by atoms with van der Waals surface area (Å²) in [6, 6.07) is 37.2. The first-order valence-corrected chi connectivity index (χ1v) is 21.5. The SMILES string of the molecule is CN(CCCN(C)c1ccc(N=Nc2nccs2)cc1)c1ccc(N=Nc2nccs2)cc1.CN(CCCN(C)c1ccccc1)c1ccccc1.N#[N+]c1nccs1. The number of benzene rings is 4. The van der Waals surface area contributed by atoms with E-state index in [0.29, 0.717) is 15.4 Å². The summed E-state index contributed by atoms with van der Waals surface area (Å²) in [6.07, 6.45) is 7.21. The molecule has 0 spiro atoms. The van der Waals surface area contributed by atoms with Crippen LogP contribution in [0, 0.1) is 5.39 Å². The number of aromatic nitrogens is 3. The predicted octanol–water partition coefficient (Wildman–Crippen LogP) is 12.7. The van der Waals surface area contributed by atoms with Crippen LogP contribution >= 0.6 is 34.0 Å². The van der Waals surface area contributed by atoms with E-state index in [-0.39, 0.29) is 0 Å². The molecule has 7 rings (SSSR count). The number of anilines is 4. The summed E-state index contributed by atoms with van der Waals surface area (Å²) in [7, 11) is 8.51. The average Bonchev–Trinajstić information content (AvgIpc) is 4.12. The maximum absolute atomic E-state index is 8.00. The van der Waals surface area contributed by atoms with Gasteiger partial charge in [-0.3, -0.25) is 0 Å². The minimum absolute atomic E-state index is 0.403. The minimum Gasteiger partial charge on any atom is -0.375 e. The first kappa shape index (κ1) is 43.7. The molecule has 302 valence electrons. The summed E-state index contributed by atoms with van der Waals surface area (Å²) < 4.78 is 0. The summed E-state index contributed by atoms with van der Waals surface area (Å²) in [5.41, 5.74) is 6.50. The van der Waals surface area contributed by atoms with E-state index in [1.165, 1.54) is 45.4 Å². The van der Waals surface area contributed by atoms with Gasteiger partial charge in [-0.1, -0.05) is 36.4 Å². The zero-order chi connectivity index (χ0) is 41.5. The Bertz CT molecular complexity index is 2110. The van der Waals surface area contributed by atoms with Crippen LogP contribution in [-0.4, -0.2) is 69.3 Å². The van der Waals surface area contributed by atoms with Crippen molar-refractivity contribution in [1.29, 1.82) is 5.39 Å². The first-order valence-electron chi connectivity index (χ1n) is 18.9. The summed E-state index contributed by atoms with van der Waals surface area (Å²) in [4.78, 5) is 23.8. The van der Waals surface area contributed by atoms with Crippen molar-refractivity contribution in [2.45, 2.75) is 12.8 Å². The Balaban J connectivity index is 0.000000212. The van der Waals surface area contributed by atoms with E-state index in [9.17, 15) is 0 Å². The number of hydrogen-bond acceptors (Lipinski definition) is 15. The first-order chi connectivity index (χ1) is 28.9. The lowest BCUT2D eigenvalue weighted by Crippen LogP contribution is -2.25. The maximum Gasteiger partial charge on any atom is 0.523 e. The van der Waals surface area contributed by atoms with Gasteiger partial charge in [0.15, 0.2) is 6.20 Å². The smallest absolute Gasteiger partial charge is 0.375 e. The summed E-state index contributed by atoms with van der Waals surface area (Å²) in [6.45, 7) is 4.04. The van der Waals surface area contributed by atoms with Crippen LogP contribution in [0.15, 0.2) is 164 Å². The molecule has 13 nitrogen and oxygen atoms in total. The van der Waals surface area contributed by atoms with Gasteiger partial charge in [0.05, 0.1) is 16.8 Å². The van der Waals surface area contributed by atoms with Gasteiger partial charge in [-0.25, -0.2) is 9.97 Å². The van der Waals surface area contributed by atoms with Crippen molar-refractivity contribution < 1.29 is 0 Å². The van der Waals surface area contributed by atoms with Gasteiger partial charge in [-0.05, 0) is 102 Å². The van der Waals surface area contributed by atoms with Gasteiger partial charge in [-0.15, -0.1) is 43.1 Å². The molecule has 3 aromatic heterocycles. The molecule has 0 aliphatic rings. The number of para-hydroxylation sites is 2. The monoisotopic (exact) mass is 842 g/mol. The fraction of sp³-hybridized carbons (Fsp3) is 0.233. The van der Waals surface area contributed by atoms with E-state index < -0.39 is 0 Å². The Kier molecular flexibility index (Phi) is 18.1. The normalized spacial score (nSPS) is 10.6. The van der Waals surface area contributed by atoms with Gasteiger partial charge in [-0.2, -0.15) is 0 Å². The number of hydrogen-bond donors (Lipinski definition) is 0. The molecule has 0 radical (unpaired) electrons. The van der Waals surface area contributed by atoms with E-state index in [4.69, 9.17) is 5.39 Å². The average molecular weight is 843 g/mol. The third-order valence-electron chi connectivity index (χ3n) is 8.79. The van der Waals surface area contributed by atoms with Crippen molar-refractivity contribution in [1.82, 2.24) is 15.0 Å². The molecule has 59 heavy (non-hydrogen) atoms. The molecule has 4 aromatic carbocycles. The molecule has 0 N–H and O–H groups in total. The van der Waals surface area contributed by atoms with Crippen molar-refractivity contribution in [2.24, 2.45) is 20.5 Å². The molecule has 0 bridgehead atoms. The number of rotatable bonds is 16. The van der Waals surface area contributed by atoms with Crippen LogP contribution in [0.5, 0.6) is 0 Å². The van der Waals surface area contributed by atoms with E-state index in [2.05, 4.69) is 173 Å². The molecule has 0 amide bonds. The molecular weight excluding hydrogens is 795 g/mol. The van der Waals surface area contributed by atoms with Crippen molar-refractivity contribution in [3.63, 3.8) is 0 Å². The molecular formula is C43H48N13S3+. The second-order valence-electron chi connectivity index (χ2n) is 13.0. The Morgan fingerprint density at radius 1 is 0.458 bits per heavy atom. The Labute approximate surface area is 358 Å². The molecule has 0 atom stereocenters. The van der Waals surface area contributed by atoms with Crippen LogP contribution in [0.3, 0.4) is 0 Å². The quantitative estimate of drug-likeness (QED) is 0.0694. The Hall–Kier alpha value is -6.41. The molecule has 0 fully saturated rings. The van der Waals surface area contributed by atoms with Crippen LogP contribution in [0.4, 0.5) is 49.5 Å². The summed E-state index contributed by atoms with van der Waals surface area (Å²) in [5.74, 6) is 0. The highest BCUT2D eigenvalue weighted by Crippen LogP contribution is 2.25. The van der Waals surface area contributed by atoms with Gasteiger partial charge >= 0.3 is 5.13 Å². The number of nitrogens with zero attached hydrogens (tertiary/aromatic N) is 13. The van der Waals surface area contributed by atoms with Gasteiger partial charge in [0.2, 0.25) is 10.3 Å². The van der Waals surface area contributed by atoms with Crippen LogP contribution in [0.1, 0.15) is 12.8 Å². The van der Waals surface area contributed by atoms with Crippen molar-refractivity contribution >= 4 is 83.5 Å². The Morgan fingerprint density at radius 3 is 1.12 bits per heavy atom. The standard InChI is InChI=1S/C23H24N8S2.C17H22N2.C3H2N3S/c1-30(20-8-4-18(5-9-20)26-28-22-24-12-16-32-22)14-3-15-31(2)21-10-6-19(7-11-21)27-29-23-25-13-17-33-23;1-18(16-10-5-3-6-11-16)14-9-15-19(2)17-12-7-4-8-13-17;4-6-3-5-1-2-7-3/h4-13,16-17H,3,14-15H2,1-2H3;3-8,10-13H,9,14-15H2,1-2H3;1-2H/q;;+1. The molecule has 0 saturated heterocycles. The lowest BCUT2D eigenvalue weighted by atomic mass is 10.2. The van der Waals surface area contributed by atoms with Gasteiger partial charge < -0.3 is 19.6 Å². The molecule has 3 heterocycles. The molecule has 0 aliphatic heterocycles. The largest absolute Gasteiger partial charge is 0.523 e. The Morgan fingerprint density at radius 2 is 0.814 bits per heavy atom. The van der Waals surface area contributed by atoms with E-state index in [1.54, 1.807) is 24.0 Å². The highest BCUT2D eigenvalue weighted by atomic mass is 32.1. The van der Waals surface area contributed by atoms with Crippen LogP contribution < -0.4 is 19.6 Å². The lowest BCUT2D eigenvalue weighted by Gasteiger charge is -2.23. The summed E-state index contributed by atoms with van der Waals surface area (Å²) >= 11 is 4.23. The van der Waals surface area contributed by atoms with Crippen molar-refractivity contribution in [2.75, 3.05) is 74.0 Å². The molecule has 0 unspecified atom stereocenters. The lowest BCUT2D eigenvalue weighted by molar-refractivity contribution is 0.763. The van der Waals surface area contributed by atoms with E-state index in [1.807, 2.05) is 35.0 Å². The van der Waals surface area contributed by atoms with E-state index in [0.717, 1.165) is 61.8 Å². The number of azo groups is 2. The van der Waals surface area contributed by atoms with Crippen LogP contribution in [0.2, 0.25) is 0 Å². The maximum atomic E-state index is 8.00. The van der Waals surface area contributed by atoms with Crippen LogP contribution in [-0.2, 0) is 0 Å². The third-order valence-corrected chi connectivity index (χ3v) is 10.8. The van der Waals surface area contributed by atoms with Gasteiger partial charge in [0.1, 0.15) is 0 Å². The second-order valence-corrected chi connectivity index (χ2v) is 15.7. The van der Waals surface area contributed by atoms with Gasteiger partial charge in [0.25, 0.3) is 0 Å². The topological polar surface area (TPSA) is 129 Å². The number of thiazole rings is 3. The minimum atomic E-state index is 0.403. The highest BCUT2D eigenvalue weighted by molar-refractivity contribution is 7.14. The predicted molar refractivity (Wildman–Crippen MR) is 248 cm³/mol. The number of diazo groups is 1. The second kappa shape index (κ2) is 24.4. The fourth-order valence-electron chi connectivity index (χ4n) is 5.52. The molecule has 16 heteroatoms. The van der Waals surface area contributed by atoms with Crippen molar-refractivity contribution in [3.05, 3.63) is 149 Å². The highest BCUT2D eigenvalue weighted by Gasteiger charge is 2.06. The zero-order valence-corrected chi connectivity index (χ0v) is 36.1. The summed E-state index contributed by atoms with van der Waals surface area (Å²) in [5, 5.41) is 32.0. The van der Waals surface area contributed by atoms with E-state index >= 15 is 0 Å². The zero-order valence-electron chi connectivity index (χ0n) is 33.6. The molecule has 7 aromatic rings. The van der Waals surface area contributed by atoms with Gasteiger partial charge in [0, 0.05) is 111 Å².